The lowest BCUT2D eigenvalue weighted by Crippen LogP contribution is -3.17. The lowest BCUT2D eigenvalue weighted by Gasteiger charge is -2.30. The highest BCUT2D eigenvalue weighted by molar-refractivity contribution is 5.21. The molecule has 0 spiro atoms. The molecule has 0 saturated carbocycles. The quantitative estimate of drug-likeness (QED) is 0.739. The Hall–Kier alpha value is -0.860. The van der Waals surface area contributed by atoms with Crippen LogP contribution in [-0.4, -0.2) is 33.2 Å². The number of rotatable bonds is 4. The monoisotopic (exact) mass is 248 g/mol. The van der Waals surface area contributed by atoms with Crippen molar-refractivity contribution in [2.45, 2.75) is 38.8 Å². The normalized spacial score (nSPS) is 25.9. The summed E-state index contributed by atoms with van der Waals surface area (Å²) >= 11 is 0. The van der Waals surface area contributed by atoms with Crippen LogP contribution in [0.2, 0.25) is 0 Å². The van der Waals surface area contributed by atoms with Crippen molar-refractivity contribution in [1.29, 1.82) is 0 Å². The van der Waals surface area contributed by atoms with Crippen LogP contribution < -0.4 is 9.80 Å². The minimum absolute atomic E-state index is 0.861. The van der Waals surface area contributed by atoms with Gasteiger partial charge in [0, 0.05) is 18.4 Å². The first-order valence-electron chi connectivity index (χ1n) is 7.40. The Balaban J connectivity index is 1.87. The minimum atomic E-state index is 0.861. The molecule has 0 aromatic heterocycles. The Labute approximate surface area is 112 Å². The Morgan fingerprint density at radius 3 is 2.22 bits per heavy atom. The summed E-state index contributed by atoms with van der Waals surface area (Å²) in [6.07, 6.45) is 3.90. The molecule has 1 heterocycles. The number of aryl methyl sites for hydroxylation is 1. The van der Waals surface area contributed by atoms with Crippen molar-refractivity contribution in [3.8, 4) is 0 Å². The summed E-state index contributed by atoms with van der Waals surface area (Å²) < 4.78 is 0. The highest BCUT2D eigenvalue weighted by atomic mass is 15.2. The number of benzene rings is 1. The van der Waals surface area contributed by atoms with Gasteiger partial charge in [-0.25, -0.2) is 0 Å². The molecule has 1 unspecified atom stereocenters. The molecule has 2 nitrogen and oxygen atoms in total. The van der Waals surface area contributed by atoms with Crippen molar-refractivity contribution in [2.24, 2.45) is 0 Å². The average molecular weight is 248 g/mol. The fraction of sp³-hybridized carbons (Fsp3) is 0.625. The molecule has 2 rings (SSSR count). The van der Waals surface area contributed by atoms with E-state index in [1.54, 1.807) is 9.80 Å². The summed E-state index contributed by atoms with van der Waals surface area (Å²) in [6.45, 7) is 6.08. The number of hydrogen-bond acceptors (Lipinski definition) is 0. The number of likely N-dealkylation sites (tertiary alicyclic amines) is 1. The number of hydrogen-bond donors (Lipinski definition) is 2. The van der Waals surface area contributed by atoms with Gasteiger partial charge < -0.3 is 9.80 Å². The van der Waals surface area contributed by atoms with Crippen molar-refractivity contribution in [3.63, 3.8) is 0 Å². The van der Waals surface area contributed by atoms with Crippen LogP contribution in [0.3, 0.4) is 0 Å². The molecule has 2 N–H and O–H groups in total. The molecule has 0 bridgehead atoms. The Morgan fingerprint density at radius 2 is 1.67 bits per heavy atom. The van der Waals surface area contributed by atoms with Gasteiger partial charge >= 0.3 is 0 Å². The summed E-state index contributed by atoms with van der Waals surface area (Å²) in [7, 11) is 4.67. The third kappa shape index (κ3) is 3.56. The van der Waals surface area contributed by atoms with E-state index in [1.807, 2.05) is 0 Å². The van der Waals surface area contributed by atoms with Gasteiger partial charge in [0.05, 0.1) is 33.2 Å². The topological polar surface area (TPSA) is 8.88 Å². The van der Waals surface area contributed by atoms with Crippen LogP contribution in [0.4, 0.5) is 0 Å². The smallest absolute Gasteiger partial charge is 0.103 e. The van der Waals surface area contributed by atoms with Gasteiger partial charge in [0.15, 0.2) is 0 Å². The van der Waals surface area contributed by atoms with Crippen LogP contribution in [0.5, 0.6) is 0 Å². The molecule has 1 saturated heterocycles. The van der Waals surface area contributed by atoms with Crippen LogP contribution in [0.25, 0.3) is 0 Å². The zero-order chi connectivity index (χ0) is 13.0. The van der Waals surface area contributed by atoms with Gasteiger partial charge in [-0.05, 0) is 12.0 Å². The average Bonchev–Trinajstić information content (AvgIpc) is 2.40. The Morgan fingerprint density at radius 1 is 1.11 bits per heavy atom. The highest BCUT2D eigenvalue weighted by Gasteiger charge is 2.25. The molecule has 0 amide bonds. The van der Waals surface area contributed by atoms with E-state index in [4.69, 9.17) is 0 Å². The van der Waals surface area contributed by atoms with E-state index < -0.39 is 0 Å². The fourth-order valence-corrected chi connectivity index (χ4v) is 2.96. The van der Waals surface area contributed by atoms with Crippen LogP contribution in [0, 0.1) is 0 Å². The predicted octanol–water partition coefficient (Wildman–Crippen LogP) is -0.0592. The molecule has 1 fully saturated rings. The third-order valence-electron chi connectivity index (χ3n) is 4.45. The molecule has 1 aliphatic heterocycles. The van der Waals surface area contributed by atoms with Crippen molar-refractivity contribution in [1.82, 2.24) is 0 Å². The Kier molecular flexibility index (Phi) is 4.79. The maximum Gasteiger partial charge on any atom is 0.103 e. The predicted molar refractivity (Wildman–Crippen MR) is 76.1 cm³/mol. The zero-order valence-corrected chi connectivity index (χ0v) is 12.1. The van der Waals surface area contributed by atoms with Crippen LogP contribution in [0.1, 0.15) is 30.9 Å². The first-order valence-corrected chi connectivity index (χ1v) is 7.40. The van der Waals surface area contributed by atoms with E-state index in [9.17, 15) is 0 Å². The second-order valence-corrected chi connectivity index (χ2v) is 5.92. The Bertz CT molecular complexity index is 350. The summed E-state index contributed by atoms with van der Waals surface area (Å²) in [4.78, 5) is 3.39. The maximum absolute atomic E-state index is 2.36. The molecule has 1 aromatic carbocycles. The van der Waals surface area contributed by atoms with Gasteiger partial charge in [0.25, 0.3) is 0 Å². The van der Waals surface area contributed by atoms with Gasteiger partial charge in [-0.3, -0.25) is 0 Å². The molecule has 1 aromatic rings. The largest absolute Gasteiger partial charge is 0.337 e. The zero-order valence-electron chi connectivity index (χ0n) is 12.1. The second-order valence-electron chi connectivity index (χ2n) is 5.92. The molecule has 0 radical (unpaired) electrons. The van der Waals surface area contributed by atoms with Gasteiger partial charge in [-0.2, -0.15) is 0 Å². The second kappa shape index (κ2) is 6.35. The minimum Gasteiger partial charge on any atom is -0.337 e. The van der Waals surface area contributed by atoms with Gasteiger partial charge in [0.1, 0.15) is 6.54 Å². The van der Waals surface area contributed by atoms with Crippen LogP contribution in [0.15, 0.2) is 24.3 Å². The first kappa shape index (κ1) is 13.6. The highest BCUT2D eigenvalue weighted by Crippen LogP contribution is 2.04. The molecule has 18 heavy (non-hydrogen) atoms. The third-order valence-corrected chi connectivity index (χ3v) is 4.45. The summed E-state index contributed by atoms with van der Waals surface area (Å²) in [6, 6.07) is 10.0. The molecule has 100 valence electrons. The number of quaternary nitrogens is 2. The summed E-state index contributed by atoms with van der Waals surface area (Å²) in [5.41, 5.74) is 2.93. The molecule has 2 heteroatoms. The van der Waals surface area contributed by atoms with E-state index in [-0.39, 0.29) is 0 Å². The molecular weight excluding hydrogens is 220 g/mol. The number of piperidine rings is 1. The van der Waals surface area contributed by atoms with Crippen molar-refractivity contribution in [3.05, 3.63) is 35.4 Å². The lowest BCUT2D eigenvalue weighted by atomic mass is 10.0. The SMILES string of the molecule is CCc1ccc(C[NH+](C)C2CC[NH+](C)CC2)cc1. The maximum atomic E-state index is 2.36. The van der Waals surface area contributed by atoms with Crippen LogP contribution in [-0.2, 0) is 13.0 Å². The van der Waals surface area contributed by atoms with E-state index in [1.165, 1.54) is 43.6 Å². The van der Waals surface area contributed by atoms with E-state index >= 15 is 0 Å². The van der Waals surface area contributed by atoms with Gasteiger partial charge in [0.2, 0.25) is 0 Å². The molecule has 1 aliphatic rings. The van der Waals surface area contributed by atoms with E-state index in [0.717, 1.165) is 12.5 Å². The lowest BCUT2D eigenvalue weighted by molar-refractivity contribution is -0.948. The van der Waals surface area contributed by atoms with Gasteiger partial charge in [-0.1, -0.05) is 31.2 Å². The van der Waals surface area contributed by atoms with Gasteiger partial charge in [-0.15, -0.1) is 0 Å². The molecular formula is C16H28N2+2. The van der Waals surface area contributed by atoms with Crippen molar-refractivity contribution in [2.75, 3.05) is 27.2 Å². The van der Waals surface area contributed by atoms with Crippen LogP contribution >= 0.6 is 0 Å². The van der Waals surface area contributed by atoms with E-state index in [0.29, 0.717) is 0 Å². The fourth-order valence-electron chi connectivity index (χ4n) is 2.96. The molecule has 1 atom stereocenters. The van der Waals surface area contributed by atoms with Crippen molar-refractivity contribution < 1.29 is 9.80 Å². The van der Waals surface area contributed by atoms with Crippen molar-refractivity contribution >= 4 is 0 Å². The number of nitrogens with one attached hydrogen (secondary N) is 2. The molecule has 0 aliphatic carbocycles. The summed E-state index contributed by atoms with van der Waals surface area (Å²) in [5, 5.41) is 0. The first-order chi connectivity index (χ1) is 8.69. The van der Waals surface area contributed by atoms with E-state index in [2.05, 4.69) is 45.3 Å². The summed E-state index contributed by atoms with van der Waals surface area (Å²) in [5.74, 6) is 0. The standard InChI is InChI=1S/C16H26N2/c1-4-14-5-7-15(8-6-14)13-18(3)16-9-11-17(2)12-10-16/h5-8,16H,4,9-13H2,1-3H3/p+2.